The van der Waals surface area contributed by atoms with E-state index >= 15 is 0 Å². The number of carboxylic acid groups (broad SMARTS) is 1. The first-order chi connectivity index (χ1) is 10.0. The second kappa shape index (κ2) is 6.47. The van der Waals surface area contributed by atoms with Gasteiger partial charge in [0.05, 0.1) is 25.5 Å². The largest absolute Gasteiger partial charge is 0.481 e. The van der Waals surface area contributed by atoms with E-state index in [1.165, 1.54) is 0 Å². The number of hydrogen-bond donors (Lipinski definition) is 4. The van der Waals surface area contributed by atoms with Gasteiger partial charge in [-0.15, -0.1) is 0 Å². The Bertz CT molecular complexity index is 585. The van der Waals surface area contributed by atoms with E-state index in [9.17, 15) is 14.4 Å². The molecule has 0 spiro atoms. The number of hydrogen-bond acceptors (Lipinski definition) is 5. The number of nitrogens with one attached hydrogen (secondary N) is 2. The smallest absolute Gasteiger partial charge is 0.305 e. The summed E-state index contributed by atoms with van der Waals surface area (Å²) >= 11 is 0. The molecule has 1 heterocycles. The molecule has 0 bridgehead atoms. The zero-order valence-corrected chi connectivity index (χ0v) is 11.3. The van der Waals surface area contributed by atoms with Gasteiger partial charge in [0.2, 0.25) is 5.91 Å². The molecule has 1 atom stereocenters. The van der Waals surface area contributed by atoms with Crippen LogP contribution in [0.25, 0.3) is 0 Å². The number of aliphatic hydroxyl groups is 1. The summed E-state index contributed by atoms with van der Waals surface area (Å²) in [4.78, 5) is 34.5. The standard InChI is InChI=1S/C14H16N2O5/c17-4-3-15-11(7-13(19)20)14(21)8-1-2-10-9(5-8)6-12(18)16-10/h1-2,5,11,15,17H,3-4,6-7H2,(H,16,18)(H,19,20). The molecule has 4 N–H and O–H groups in total. The van der Waals surface area contributed by atoms with Crippen LogP contribution in [0.3, 0.4) is 0 Å². The normalized spacial score (nSPS) is 14.4. The summed E-state index contributed by atoms with van der Waals surface area (Å²) in [5, 5.41) is 23.0. The Morgan fingerprint density at radius 2 is 2.14 bits per heavy atom. The number of carbonyl (C=O) groups is 3. The van der Waals surface area contributed by atoms with Gasteiger partial charge in [0.25, 0.3) is 0 Å². The van der Waals surface area contributed by atoms with Crippen LogP contribution in [-0.2, 0) is 16.0 Å². The average molecular weight is 292 g/mol. The van der Waals surface area contributed by atoms with Gasteiger partial charge < -0.3 is 20.8 Å². The lowest BCUT2D eigenvalue weighted by molar-refractivity contribution is -0.137. The molecule has 0 fully saturated rings. The van der Waals surface area contributed by atoms with Gasteiger partial charge in [0.15, 0.2) is 5.78 Å². The third-order valence-corrected chi connectivity index (χ3v) is 3.21. The fourth-order valence-corrected chi connectivity index (χ4v) is 2.25. The molecule has 1 aliphatic heterocycles. The van der Waals surface area contributed by atoms with Crippen molar-refractivity contribution in [1.82, 2.24) is 5.32 Å². The molecule has 0 aliphatic carbocycles. The van der Waals surface area contributed by atoms with E-state index in [1.54, 1.807) is 18.2 Å². The van der Waals surface area contributed by atoms with E-state index in [4.69, 9.17) is 10.2 Å². The molecule has 2 rings (SSSR count). The van der Waals surface area contributed by atoms with Crippen molar-refractivity contribution in [3.63, 3.8) is 0 Å². The predicted octanol–water partition coefficient (Wildman–Crippen LogP) is -0.211. The number of anilines is 1. The zero-order chi connectivity index (χ0) is 15.4. The molecule has 1 amide bonds. The first-order valence-electron chi connectivity index (χ1n) is 6.54. The fourth-order valence-electron chi connectivity index (χ4n) is 2.25. The lowest BCUT2D eigenvalue weighted by Crippen LogP contribution is -2.40. The molecule has 1 aromatic rings. The number of carbonyl (C=O) groups excluding carboxylic acids is 2. The number of carboxylic acids is 1. The number of Topliss-reactive ketones (excluding diaryl/α,β-unsaturated/α-hetero) is 1. The Morgan fingerprint density at radius 1 is 1.38 bits per heavy atom. The highest BCUT2D eigenvalue weighted by molar-refractivity contribution is 6.04. The lowest BCUT2D eigenvalue weighted by atomic mass is 9.98. The van der Waals surface area contributed by atoms with E-state index in [-0.39, 0.29) is 37.7 Å². The van der Waals surface area contributed by atoms with Crippen molar-refractivity contribution in [2.24, 2.45) is 0 Å². The van der Waals surface area contributed by atoms with Crippen LogP contribution < -0.4 is 10.6 Å². The second-order valence-electron chi connectivity index (χ2n) is 4.79. The number of ketones is 1. The van der Waals surface area contributed by atoms with Crippen molar-refractivity contribution in [2.75, 3.05) is 18.5 Å². The average Bonchev–Trinajstić information content (AvgIpc) is 2.81. The molecule has 1 aliphatic rings. The molecule has 7 heteroatoms. The van der Waals surface area contributed by atoms with Crippen LogP contribution in [-0.4, -0.2) is 47.1 Å². The maximum atomic E-state index is 12.4. The number of benzene rings is 1. The molecule has 1 aromatic carbocycles. The van der Waals surface area contributed by atoms with Gasteiger partial charge in [0, 0.05) is 17.8 Å². The minimum atomic E-state index is -1.10. The maximum absolute atomic E-state index is 12.4. The van der Waals surface area contributed by atoms with E-state index < -0.39 is 12.0 Å². The van der Waals surface area contributed by atoms with Gasteiger partial charge in [-0.1, -0.05) is 0 Å². The first kappa shape index (κ1) is 15.1. The van der Waals surface area contributed by atoms with Gasteiger partial charge in [-0.05, 0) is 23.8 Å². The van der Waals surface area contributed by atoms with E-state index in [0.717, 1.165) is 5.56 Å². The molecule has 21 heavy (non-hydrogen) atoms. The summed E-state index contributed by atoms with van der Waals surface area (Å²) in [6, 6.07) is 3.89. The van der Waals surface area contributed by atoms with Crippen LogP contribution in [0, 0.1) is 0 Å². The third kappa shape index (κ3) is 3.65. The predicted molar refractivity (Wildman–Crippen MR) is 74.2 cm³/mol. The van der Waals surface area contributed by atoms with Crippen molar-refractivity contribution >= 4 is 23.3 Å². The Balaban J connectivity index is 2.18. The van der Waals surface area contributed by atoms with Crippen LogP contribution in [0.2, 0.25) is 0 Å². The summed E-state index contributed by atoms with van der Waals surface area (Å²) in [5.41, 5.74) is 1.75. The monoisotopic (exact) mass is 292 g/mol. The van der Waals surface area contributed by atoms with E-state index in [2.05, 4.69) is 10.6 Å². The van der Waals surface area contributed by atoms with Gasteiger partial charge in [0.1, 0.15) is 0 Å². The van der Waals surface area contributed by atoms with Gasteiger partial charge in [-0.25, -0.2) is 0 Å². The quantitative estimate of drug-likeness (QED) is 0.517. The molecule has 0 saturated carbocycles. The van der Waals surface area contributed by atoms with Crippen LogP contribution in [0.5, 0.6) is 0 Å². The highest BCUT2D eigenvalue weighted by Gasteiger charge is 2.25. The lowest BCUT2D eigenvalue weighted by Gasteiger charge is -2.15. The Morgan fingerprint density at radius 3 is 2.81 bits per heavy atom. The van der Waals surface area contributed by atoms with Crippen LogP contribution >= 0.6 is 0 Å². The van der Waals surface area contributed by atoms with Gasteiger partial charge >= 0.3 is 5.97 Å². The maximum Gasteiger partial charge on any atom is 0.305 e. The molecule has 112 valence electrons. The van der Waals surface area contributed by atoms with Crippen molar-refractivity contribution in [1.29, 1.82) is 0 Å². The van der Waals surface area contributed by atoms with Crippen molar-refractivity contribution in [3.05, 3.63) is 29.3 Å². The zero-order valence-electron chi connectivity index (χ0n) is 11.3. The fraction of sp³-hybridized carbons (Fsp3) is 0.357. The summed E-state index contributed by atoms with van der Waals surface area (Å²) in [6.07, 6.45) is -0.156. The van der Waals surface area contributed by atoms with Crippen molar-refractivity contribution in [3.8, 4) is 0 Å². The van der Waals surface area contributed by atoms with Crippen molar-refractivity contribution in [2.45, 2.75) is 18.9 Å². The summed E-state index contributed by atoms with van der Waals surface area (Å²) in [6.45, 7) is -0.0549. The SMILES string of the molecule is O=C(O)CC(NCCO)C(=O)c1ccc2c(c1)CC(=O)N2. The number of amides is 1. The topological polar surface area (TPSA) is 116 Å². The molecule has 0 radical (unpaired) electrons. The Labute approximate surface area is 121 Å². The molecule has 7 nitrogen and oxygen atoms in total. The number of rotatable bonds is 7. The number of aliphatic hydroxyl groups excluding tert-OH is 1. The summed E-state index contributed by atoms with van der Waals surface area (Å²) in [5.74, 6) is -1.60. The van der Waals surface area contributed by atoms with E-state index in [0.29, 0.717) is 11.3 Å². The Kier molecular flexibility index (Phi) is 4.66. The third-order valence-electron chi connectivity index (χ3n) is 3.21. The van der Waals surface area contributed by atoms with Gasteiger partial charge in [-0.3, -0.25) is 14.4 Å². The van der Waals surface area contributed by atoms with Crippen LogP contribution in [0.1, 0.15) is 22.3 Å². The molecule has 0 aromatic heterocycles. The highest BCUT2D eigenvalue weighted by atomic mass is 16.4. The summed E-state index contributed by atoms with van der Waals surface area (Å²) in [7, 11) is 0. The van der Waals surface area contributed by atoms with Gasteiger partial charge in [-0.2, -0.15) is 0 Å². The molecule has 1 unspecified atom stereocenters. The first-order valence-corrected chi connectivity index (χ1v) is 6.54. The van der Waals surface area contributed by atoms with Crippen LogP contribution in [0.4, 0.5) is 5.69 Å². The van der Waals surface area contributed by atoms with E-state index in [1.807, 2.05) is 0 Å². The number of fused-ring (bicyclic) bond motifs is 1. The number of aliphatic carboxylic acids is 1. The van der Waals surface area contributed by atoms with Crippen molar-refractivity contribution < 1.29 is 24.6 Å². The second-order valence-corrected chi connectivity index (χ2v) is 4.79. The molecule has 0 saturated heterocycles. The Hall–Kier alpha value is -2.25. The van der Waals surface area contributed by atoms with Crippen LogP contribution in [0.15, 0.2) is 18.2 Å². The minimum Gasteiger partial charge on any atom is -0.481 e. The molecular formula is C14H16N2O5. The molecular weight excluding hydrogens is 276 g/mol. The minimum absolute atomic E-state index is 0.130. The summed E-state index contributed by atoms with van der Waals surface area (Å²) < 4.78 is 0. The highest BCUT2D eigenvalue weighted by Crippen LogP contribution is 2.24.